The fourth-order valence-corrected chi connectivity index (χ4v) is 2.55. The van der Waals surface area contributed by atoms with Crippen molar-refractivity contribution in [3.05, 3.63) is 22.4 Å². The van der Waals surface area contributed by atoms with Gasteiger partial charge in [-0.25, -0.2) is 0 Å². The van der Waals surface area contributed by atoms with Gasteiger partial charge in [0, 0.05) is 12.6 Å². The van der Waals surface area contributed by atoms with E-state index in [1.54, 1.807) is 23.2 Å². The van der Waals surface area contributed by atoms with E-state index >= 15 is 0 Å². The van der Waals surface area contributed by atoms with Crippen LogP contribution in [0.25, 0.3) is 0 Å². The molecule has 2 rings (SSSR count). The van der Waals surface area contributed by atoms with Gasteiger partial charge in [0.2, 0.25) is 5.91 Å². The molecule has 0 aromatic carbocycles. The highest BCUT2D eigenvalue weighted by atomic mass is 32.1. The number of hydrogen-bond donors (Lipinski definition) is 1. The Morgan fingerprint density at radius 1 is 1.56 bits per heavy atom. The summed E-state index contributed by atoms with van der Waals surface area (Å²) in [5.41, 5.74) is 1.01. The summed E-state index contributed by atoms with van der Waals surface area (Å²) in [4.78, 5) is 24.8. The maximum atomic E-state index is 12.2. The molecule has 1 aromatic rings. The molecule has 1 aliphatic carbocycles. The van der Waals surface area contributed by atoms with E-state index < -0.39 is 11.9 Å². The van der Waals surface area contributed by atoms with E-state index in [1.807, 2.05) is 16.8 Å². The average Bonchev–Trinajstić information content (AvgIpc) is 3.03. The van der Waals surface area contributed by atoms with Crippen molar-refractivity contribution in [1.29, 1.82) is 0 Å². The van der Waals surface area contributed by atoms with Gasteiger partial charge in [0.05, 0.1) is 12.3 Å². The molecule has 5 heteroatoms. The van der Waals surface area contributed by atoms with Gasteiger partial charge in [-0.1, -0.05) is 6.92 Å². The van der Waals surface area contributed by atoms with Crippen molar-refractivity contribution < 1.29 is 14.7 Å². The zero-order valence-electron chi connectivity index (χ0n) is 10.3. The maximum Gasteiger partial charge on any atom is 0.308 e. The molecule has 0 radical (unpaired) electrons. The molecule has 1 fully saturated rings. The number of amides is 1. The molecule has 0 spiro atoms. The van der Waals surface area contributed by atoms with E-state index in [9.17, 15) is 9.59 Å². The molecule has 18 heavy (non-hydrogen) atoms. The fraction of sp³-hybridized carbons (Fsp3) is 0.538. The summed E-state index contributed by atoms with van der Waals surface area (Å²) in [7, 11) is 0. The summed E-state index contributed by atoms with van der Waals surface area (Å²) < 4.78 is 0. The summed E-state index contributed by atoms with van der Waals surface area (Å²) in [6, 6.07) is 2.20. The van der Waals surface area contributed by atoms with Crippen LogP contribution in [0, 0.1) is 5.92 Å². The van der Waals surface area contributed by atoms with Crippen LogP contribution in [0.4, 0.5) is 0 Å². The number of hydrogen-bond acceptors (Lipinski definition) is 3. The molecule has 0 aliphatic heterocycles. The lowest BCUT2D eigenvalue weighted by molar-refractivity contribution is -0.143. The Kier molecular flexibility index (Phi) is 4.01. The highest BCUT2D eigenvalue weighted by Gasteiger charge is 2.34. The normalized spacial score (nSPS) is 16.3. The van der Waals surface area contributed by atoms with E-state index in [1.165, 1.54) is 0 Å². The number of nitrogens with zero attached hydrogens (tertiary/aromatic N) is 1. The van der Waals surface area contributed by atoms with Crippen LogP contribution in [0.15, 0.2) is 16.8 Å². The number of thiophene rings is 1. The van der Waals surface area contributed by atoms with E-state index in [0.29, 0.717) is 13.0 Å². The fourth-order valence-electron chi connectivity index (χ4n) is 1.88. The van der Waals surface area contributed by atoms with E-state index in [-0.39, 0.29) is 11.9 Å². The predicted octanol–water partition coefficient (Wildman–Crippen LogP) is 2.00. The molecule has 1 aromatic heterocycles. The number of carboxylic acid groups (broad SMARTS) is 1. The highest BCUT2D eigenvalue weighted by molar-refractivity contribution is 7.07. The molecule has 1 saturated carbocycles. The highest BCUT2D eigenvalue weighted by Crippen LogP contribution is 2.28. The maximum absolute atomic E-state index is 12.2. The van der Waals surface area contributed by atoms with Gasteiger partial charge in [-0.15, -0.1) is 0 Å². The first kappa shape index (κ1) is 13.1. The van der Waals surface area contributed by atoms with Crippen LogP contribution < -0.4 is 0 Å². The Balaban J connectivity index is 1.96. The molecular weight excluding hydrogens is 250 g/mol. The van der Waals surface area contributed by atoms with E-state index in [4.69, 9.17) is 5.11 Å². The lowest BCUT2D eigenvalue weighted by atomic mass is 10.1. The van der Waals surface area contributed by atoms with Gasteiger partial charge in [-0.05, 0) is 35.2 Å². The van der Waals surface area contributed by atoms with Crippen LogP contribution in [0.2, 0.25) is 0 Å². The molecule has 1 aliphatic rings. The second-order valence-electron chi connectivity index (χ2n) is 4.82. The van der Waals surface area contributed by atoms with Gasteiger partial charge in [-0.3, -0.25) is 9.59 Å². The summed E-state index contributed by atoms with van der Waals surface area (Å²) in [5, 5.41) is 12.8. The first-order valence-electron chi connectivity index (χ1n) is 6.11. The lowest BCUT2D eigenvalue weighted by Crippen LogP contribution is -2.39. The van der Waals surface area contributed by atoms with Crippen molar-refractivity contribution in [1.82, 2.24) is 4.90 Å². The molecular formula is C13H17NO3S. The summed E-state index contributed by atoms with van der Waals surface area (Å²) >= 11 is 1.57. The number of carboxylic acids is 1. The van der Waals surface area contributed by atoms with Crippen LogP contribution >= 0.6 is 11.3 Å². The van der Waals surface area contributed by atoms with Crippen LogP contribution in [-0.4, -0.2) is 34.5 Å². The van der Waals surface area contributed by atoms with Crippen LogP contribution in [0.1, 0.15) is 25.3 Å². The topological polar surface area (TPSA) is 57.6 Å². The van der Waals surface area contributed by atoms with E-state index in [2.05, 4.69) is 0 Å². The first-order chi connectivity index (χ1) is 8.58. The van der Waals surface area contributed by atoms with Crippen molar-refractivity contribution in [2.75, 3.05) is 6.54 Å². The molecule has 1 N–H and O–H groups in total. The number of carbonyl (C=O) groups is 2. The smallest absolute Gasteiger partial charge is 0.308 e. The number of carbonyl (C=O) groups excluding carboxylic acids is 1. The van der Waals surface area contributed by atoms with Crippen molar-refractivity contribution in [3.8, 4) is 0 Å². The van der Waals surface area contributed by atoms with Crippen molar-refractivity contribution in [3.63, 3.8) is 0 Å². The monoisotopic (exact) mass is 267 g/mol. The zero-order valence-corrected chi connectivity index (χ0v) is 11.2. The second-order valence-corrected chi connectivity index (χ2v) is 5.60. The standard InChI is InChI=1S/C13H17NO3S/c1-9(13(16)17)7-14(11-2-3-11)12(15)6-10-4-5-18-8-10/h4-5,8-9,11H,2-3,6-7H2,1H3,(H,16,17)/t9-/m0/s1. The largest absolute Gasteiger partial charge is 0.481 e. The molecule has 1 atom stereocenters. The van der Waals surface area contributed by atoms with Crippen LogP contribution in [0.3, 0.4) is 0 Å². The average molecular weight is 267 g/mol. The van der Waals surface area contributed by atoms with Gasteiger partial charge in [0.15, 0.2) is 0 Å². The Hall–Kier alpha value is -1.36. The Labute approximate surface area is 110 Å². The van der Waals surface area contributed by atoms with E-state index in [0.717, 1.165) is 18.4 Å². The van der Waals surface area contributed by atoms with Gasteiger partial charge in [-0.2, -0.15) is 11.3 Å². The van der Waals surface area contributed by atoms with Gasteiger partial charge in [0.1, 0.15) is 0 Å². The Morgan fingerprint density at radius 2 is 2.28 bits per heavy atom. The first-order valence-corrected chi connectivity index (χ1v) is 7.05. The predicted molar refractivity (Wildman–Crippen MR) is 69.6 cm³/mol. The van der Waals surface area contributed by atoms with Crippen LogP contribution in [0.5, 0.6) is 0 Å². The summed E-state index contributed by atoms with van der Waals surface area (Å²) in [6.45, 7) is 1.97. The Morgan fingerprint density at radius 3 is 2.78 bits per heavy atom. The van der Waals surface area contributed by atoms with Gasteiger partial charge >= 0.3 is 5.97 Å². The van der Waals surface area contributed by atoms with Gasteiger partial charge in [0.25, 0.3) is 0 Å². The van der Waals surface area contributed by atoms with Crippen molar-refractivity contribution >= 4 is 23.2 Å². The molecule has 0 saturated heterocycles. The van der Waals surface area contributed by atoms with Crippen LogP contribution in [-0.2, 0) is 16.0 Å². The van der Waals surface area contributed by atoms with Crippen molar-refractivity contribution in [2.24, 2.45) is 5.92 Å². The minimum Gasteiger partial charge on any atom is -0.481 e. The molecule has 4 nitrogen and oxygen atoms in total. The summed E-state index contributed by atoms with van der Waals surface area (Å²) in [5.74, 6) is -1.30. The molecule has 98 valence electrons. The third kappa shape index (κ3) is 3.32. The third-order valence-electron chi connectivity index (χ3n) is 3.14. The SMILES string of the molecule is C[C@@H](CN(C(=O)Cc1ccsc1)C1CC1)C(=O)O. The third-order valence-corrected chi connectivity index (χ3v) is 3.87. The molecule has 1 heterocycles. The summed E-state index contributed by atoms with van der Waals surface area (Å²) in [6.07, 6.45) is 2.38. The lowest BCUT2D eigenvalue weighted by Gasteiger charge is -2.24. The number of aliphatic carboxylic acids is 1. The Bertz CT molecular complexity index is 425. The number of rotatable bonds is 6. The molecule has 0 unspecified atom stereocenters. The molecule has 0 bridgehead atoms. The van der Waals surface area contributed by atoms with Gasteiger partial charge < -0.3 is 10.0 Å². The molecule has 1 amide bonds. The minimum atomic E-state index is -0.844. The zero-order chi connectivity index (χ0) is 13.1. The quantitative estimate of drug-likeness (QED) is 0.857. The van der Waals surface area contributed by atoms with Crippen molar-refractivity contribution in [2.45, 2.75) is 32.2 Å². The second kappa shape index (κ2) is 5.52. The minimum absolute atomic E-state index is 0.0454.